The molecule has 3 N–H and O–H groups in total. The fraction of sp³-hybridized carbons (Fsp3) is 0.613. The van der Waals surface area contributed by atoms with Crippen LogP contribution in [0.4, 0.5) is 10.5 Å². The Morgan fingerprint density at radius 1 is 1.02 bits per heavy atom. The summed E-state index contributed by atoms with van der Waals surface area (Å²) in [5.74, 6) is -1.65. The summed E-state index contributed by atoms with van der Waals surface area (Å²) in [6.45, 7) is 7.47. The first-order chi connectivity index (χ1) is 20.2. The molecule has 1 aliphatic carbocycles. The number of carbonyl (C=O) groups excluding carboxylic acids is 4. The summed E-state index contributed by atoms with van der Waals surface area (Å²) in [6.07, 6.45) is 7.93. The summed E-state index contributed by atoms with van der Waals surface area (Å²) in [7, 11) is -4.25. The lowest BCUT2D eigenvalue weighted by atomic mass is 9.91. The molecule has 3 amide bonds. The molecule has 4 rings (SSSR count). The van der Waals surface area contributed by atoms with Crippen molar-refractivity contribution in [3.8, 4) is 0 Å². The van der Waals surface area contributed by atoms with Gasteiger partial charge in [-0.25, -0.2) is 9.52 Å². The molecule has 2 fully saturated rings. The van der Waals surface area contributed by atoms with Crippen molar-refractivity contribution in [2.24, 2.45) is 11.3 Å². The maximum Gasteiger partial charge on any atom is 0.408 e. The standard InChI is InChI=1S/C31H44N4O7S/c1-21-14-16-23(17-15-21)33-43(40,41)34-28(38)31-19-22(31)11-8-6-5-7-9-12-24(32-29(39)42-30(2,3)4)27(37)35-18-10-13-25(35)26(36)20-31/h8,11,14-17,22,24-25,33H,5-7,9-10,12-13,18-20H2,1-4H3,(H,32,39)(H,34,38)/b11-8-/t22-,24+,25+,31-/m1/s1. The monoisotopic (exact) mass is 616 g/mol. The first-order valence-electron chi connectivity index (χ1n) is 15.1. The van der Waals surface area contributed by atoms with Crippen molar-refractivity contribution < 1.29 is 32.3 Å². The highest BCUT2D eigenvalue weighted by molar-refractivity contribution is 7.91. The number of ether oxygens (including phenoxy) is 1. The van der Waals surface area contributed by atoms with Crippen LogP contribution in [0.3, 0.4) is 0 Å². The second-order valence-electron chi connectivity index (χ2n) is 13.0. The Balaban J connectivity index is 1.53. The quantitative estimate of drug-likeness (QED) is 0.421. The number of hydrogen-bond donors (Lipinski definition) is 3. The van der Waals surface area contributed by atoms with E-state index in [4.69, 9.17) is 4.74 Å². The number of allylic oxidation sites excluding steroid dienone is 2. The number of benzene rings is 1. The minimum absolute atomic E-state index is 0.188. The topological polar surface area (TPSA) is 151 Å². The predicted molar refractivity (Wildman–Crippen MR) is 162 cm³/mol. The Morgan fingerprint density at radius 3 is 2.44 bits per heavy atom. The number of anilines is 1. The molecule has 236 valence electrons. The molecule has 2 aliphatic heterocycles. The molecule has 0 aromatic heterocycles. The largest absolute Gasteiger partial charge is 0.444 e. The number of Topliss-reactive ketones (excluding diaryl/α,β-unsaturated/α-hetero) is 1. The van der Waals surface area contributed by atoms with E-state index in [0.29, 0.717) is 44.3 Å². The summed E-state index contributed by atoms with van der Waals surface area (Å²) < 4.78 is 35.7. The highest BCUT2D eigenvalue weighted by Crippen LogP contribution is 2.57. The van der Waals surface area contributed by atoms with Crippen molar-refractivity contribution in [3.05, 3.63) is 42.0 Å². The van der Waals surface area contributed by atoms with Gasteiger partial charge in [-0.1, -0.05) is 42.7 Å². The smallest absolute Gasteiger partial charge is 0.408 e. The zero-order valence-corrected chi connectivity index (χ0v) is 26.3. The Bertz CT molecular complexity index is 1350. The third-order valence-corrected chi connectivity index (χ3v) is 9.19. The van der Waals surface area contributed by atoms with Crippen molar-refractivity contribution in [1.82, 2.24) is 14.9 Å². The normalized spacial score (nSPS) is 27.5. The van der Waals surface area contributed by atoms with E-state index in [1.165, 1.54) is 4.90 Å². The highest BCUT2D eigenvalue weighted by Gasteiger charge is 2.61. The van der Waals surface area contributed by atoms with Crippen LogP contribution in [0.2, 0.25) is 0 Å². The summed E-state index contributed by atoms with van der Waals surface area (Å²) in [6, 6.07) is 5.11. The number of ketones is 1. The van der Waals surface area contributed by atoms with Gasteiger partial charge in [-0.15, -0.1) is 0 Å². The molecule has 2 heterocycles. The predicted octanol–water partition coefficient (Wildman–Crippen LogP) is 4.14. The second-order valence-corrected chi connectivity index (χ2v) is 14.4. The van der Waals surface area contributed by atoms with Crippen LogP contribution in [0.5, 0.6) is 0 Å². The van der Waals surface area contributed by atoms with Crippen molar-refractivity contribution >= 4 is 39.6 Å². The van der Waals surface area contributed by atoms with Crippen molar-refractivity contribution in [2.45, 2.75) is 103 Å². The zero-order chi connectivity index (χ0) is 31.4. The molecular formula is C31H44N4O7S. The number of alkyl carbamates (subject to hydrolysis) is 1. The third-order valence-electron chi connectivity index (χ3n) is 8.24. The molecule has 43 heavy (non-hydrogen) atoms. The van der Waals surface area contributed by atoms with E-state index >= 15 is 0 Å². The lowest BCUT2D eigenvalue weighted by molar-refractivity contribution is -0.140. The Kier molecular flexibility index (Phi) is 9.88. The maximum atomic E-state index is 13.8. The fourth-order valence-electron chi connectivity index (χ4n) is 5.91. The average Bonchev–Trinajstić information content (AvgIpc) is 3.36. The summed E-state index contributed by atoms with van der Waals surface area (Å²) in [5, 5.41) is 2.72. The molecule has 3 aliphatic rings. The van der Waals surface area contributed by atoms with Crippen LogP contribution in [0.1, 0.15) is 84.1 Å². The van der Waals surface area contributed by atoms with Gasteiger partial charge in [-0.3, -0.25) is 19.1 Å². The first kappa shape index (κ1) is 32.5. The molecule has 11 nitrogen and oxygen atoms in total. The van der Waals surface area contributed by atoms with Gasteiger partial charge in [0, 0.05) is 13.0 Å². The fourth-order valence-corrected chi connectivity index (χ4v) is 6.85. The molecule has 0 unspecified atom stereocenters. The minimum atomic E-state index is -4.25. The van der Waals surface area contributed by atoms with Gasteiger partial charge in [0.05, 0.1) is 17.1 Å². The van der Waals surface area contributed by atoms with E-state index in [1.54, 1.807) is 45.0 Å². The van der Waals surface area contributed by atoms with E-state index in [-0.39, 0.29) is 24.0 Å². The number of nitrogens with one attached hydrogen (secondary N) is 3. The molecule has 4 atom stereocenters. The van der Waals surface area contributed by atoms with Crippen LogP contribution in [0.15, 0.2) is 36.4 Å². The first-order valence-corrected chi connectivity index (χ1v) is 16.6. The Labute approximate surface area is 254 Å². The van der Waals surface area contributed by atoms with Gasteiger partial charge in [-0.05, 0) is 84.3 Å². The van der Waals surface area contributed by atoms with Crippen LogP contribution in [0.25, 0.3) is 0 Å². The number of carbonyl (C=O) groups is 4. The summed E-state index contributed by atoms with van der Waals surface area (Å²) >= 11 is 0. The molecule has 1 aromatic rings. The van der Waals surface area contributed by atoms with Crippen LogP contribution in [-0.2, 0) is 29.3 Å². The van der Waals surface area contributed by atoms with Crippen molar-refractivity contribution in [3.63, 3.8) is 0 Å². The average molecular weight is 617 g/mol. The van der Waals surface area contributed by atoms with Gasteiger partial charge in [0.2, 0.25) is 11.8 Å². The zero-order valence-electron chi connectivity index (χ0n) is 25.5. The van der Waals surface area contributed by atoms with E-state index in [1.807, 2.05) is 19.1 Å². The summed E-state index contributed by atoms with van der Waals surface area (Å²) in [5.41, 5.74) is -0.687. The number of hydrogen-bond acceptors (Lipinski definition) is 7. The highest BCUT2D eigenvalue weighted by atomic mass is 32.2. The Hall–Kier alpha value is -3.41. The van der Waals surface area contributed by atoms with Crippen LogP contribution in [0, 0.1) is 18.3 Å². The van der Waals surface area contributed by atoms with Gasteiger partial charge >= 0.3 is 16.3 Å². The lowest BCUT2D eigenvalue weighted by Gasteiger charge is -2.30. The van der Waals surface area contributed by atoms with E-state index < -0.39 is 45.3 Å². The minimum Gasteiger partial charge on any atom is -0.444 e. The van der Waals surface area contributed by atoms with Crippen molar-refractivity contribution in [1.29, 1.82) is 0 Å². The Morgan fingerprint density at radius 2 is 1.74 bits per heavy atom. The third kappa shape index (κ3) is 8.58. The number of nitrogens with zero attached hydrogens (tertiary/aromatic N) is 1. The second kappa shape index (κ2) is 13.1. The van der Waals surface area contributed by atoms with Crippen LogP contribution < -0.4 is 14.8 Å². The van der Waals surface area contributed by atoms with Crippen LogP contribution in [-0.4, -0.2) is 61.2 Å². The molecule has 0 radical (unpaired) electrons. The molecule has 0 bridgehead atoms. The molecule has 12 heteroatoms. The molecule has 1 saturated heterocycles. The summed E-state index contributed by atoms with van der Waals surface area (Å²) in [4.78, 5) is 55.1. The number of amides is 3. The SMILES string of the molecule is Cc1ccc(NS(=O)(=O)NC(=O)[C@]23CC(=O)[C@@H]4CCCN4C(=O)[C@@H](NC(=O)OC(C)(C)C)CCCCC/C=C\[C@@H]2C3)cc1. The number of aryl methyl sites for hydroxylation is 1. The van der Waals surface area contributed by atoms with Crippen LogP contribution >= 0.6 is 0 Å². The van der Waals surface area contributed by atoms with Gasteiger partial charge in [0.1, 0.15) is 11.6 Å². The number of rotatable bonds is 5. The van der Waals surface area contributed by atoms with E-state index in [2.05, 4.69) is 14.8 Å². The van der Waals surface area contributed by atoms with Gasteiger partial charge in [-0.2, -0.15) is 8.42 Å². The number of fused-ring (bicyclic) bond motifs is 2. The van der Waals surface area contributed by atoms with Gasteiger partial charge in [0.15, 0.2) is 5.78 Å². The molecular weight excluding hydrogens is 572 g/mol. The molecule has 1 aromatic carbocycles. The van der Waals surface area contributed by atoms with E-state index in [0.717, 1.165) is 24.8 Å². The maximum absolute atomic E-state index is 13.8. The van der Waals surface area contributed by atoms with Gasteiger partial charge in [0.25, 0.3) is 0 Å². The molecule has 0 spiro atoms. The van der Waals surface area contributed by atoms with Crippen molar-refractivity contribution in [2.75, 3.05) is 11.3 Å². The van der Waals surface area contributed by atoms with Gasteiger partial charge < -0.3 is 15.0 Å². The van der Waals surface area contributed by atoms with E-state index in [9.17, 15) is 27.6 Å². The lowest BCUT2D eigenvalue weighted by Crippen LogP contribution is -2.53. The molecule has 1 saturated carbocycles.